The molecule has 1 fully saturated rings. The van der Waals surface area contributed by atoms with Crippen molar-refractivity contribution in [3.05, 3.63) is 35.2 Å². The van der Waals surface area contributed by atoms with E-state index >= 15 is 0 Å². The SMILES string of the molecule is O=S1(=O)C=C(N2CCCC2)c2ccccc21. The zero-order valence-corrected chi connectivity index (χ0v) is 9.70. The fourth-order valence-electron chi connectivity index (χ4n) is 2.40. The van der Waals surface area contributed by atoms with Crippen LogP contribution in [-0.2, 0) is 9.84 Å². The second kappa shape index (κ2) is 3.35. The van der Waals surface area contributed by atoms with E-state index in [1.54, 1.807) is 12.1 Å². The van der Waals surface area contributed by atoms with Crippen LogP contribution in [0.2, 0.25) is 0 Å². The van der Waals surface area contributed by atoms with Crippen molar-refractivity contribution in [1.29, 1.82) is 0 Å². The maximum Gasteiger partial charge on any atom is 0.202 e. The summed E-state index contributed by atoms with van der Waals surface area (Å²) in [5.74, 6) is 0. The Morgan fingerprint density at radius 1 is 1.06 bits per heavy atom. The molecule has 3 nitrogen and oxygen atoms in total. The molecular weight excluding hydrogens is 222 g/mol. The van der Waals surface area contributed by atoms with Crippen LogP contribution in [0.3, 0.4) is 0 Å². The molecular formula is C12H13NO2S. The molecule has 1 saturated heterocycles. The van der Waals surface area contributed by atoms with E-state index in [9.17, 15) is 8.42 Å². The number of rotatable bonds is 1. The first-order valence-electron chi connectivity index (χ1n) is 5.50. The lowest BCUT2D eigenvalue weighted by molar-refractivity contribution is 0.493. The fraction of sp³-hybridized carbons (Fsp3) is 0.333. The summed E-state index contributed by atoms with van der Waals surface area (Å²) in [5, 5.41) is 1.42. The van der Waals surface area contributed by atoms with Crippen LogP contribution < -0.4 is 0 Å². The van der Waals surface area contributed by atoms with E-state index in [1.807, 2.05) is 12.1 Å². The van der Waals surface area contributed by atoms with Gasteiger partial charge in [0.15, 0.2) is 0 Å². The van der Waals surface area contributed by atoms with Crippen molar-refractivity contribution in [1.82, 2.24) is 4.90 Å². The highest BCUT2D eigenvalue weighted by molar-refractivity contribution is 7.94. The first-order chi connectivity index (χ1) is 7.68. The lowest BCUT2D eigenvalue weighted by atomic mass is 10.1. The highest BCUT2D eigenvalue weighted by Crippen LogP contribution is 2.36. The summed E-state index contributed by atoms with van der Waals surface area (Å²) in [5.41, 5.74) is 1.75. The Morgan fingerprint density at radius 2 is 1.75 bits per heavy atom. The average molecular weight is 235 g/mol. The van der Waals surface area contributed by atoms with Crippen molar-refractivity contribution >= 4 is 15.5 Å². The summed E-state index contributed by atoms with van der Waals surface area (Å²) < 4.78 is 23.8. The minimum Gasteiger partial charge on any atom is -0.370 e. The summed E-state index contributed by atoms with van der Waals surface area (Å²) in [6.45, 7) is 1.94. The van der Waals surface area contributed by atoms with Crippen LogP contribution in [0.4, 0.5) is 0 Å². The Labute approximate surface area is 95.3 Å². The zero-order valence-electron chi connectivity index (χ0n) is 8.89. The molecule has 0 saturated carbocycles. The molecule has 0 aliphatic carbocycles. The third-order valence-corrected chi connectivity index (χ3v) is 4.69. The molecule has 0 unspecified atom stereocenters. The topological polar surface area (TPSA) is 37.4 Å². The molecule has 0 N–H and O–H groups in total. The molecule has 84 valence electrons. The smallest absolute Gasteiger partial charge is 0.202 e. The van der Waals surface area contributed by atoms with Crippen molar-refractivity contribution in [3.8, 4) is 0 Å². The van der Waals surface area contributed by atoms with Gasteiger partial charge in [-0.15, -0.1) is 0 Å². The van der Waals surface area contributed by atoms with Crippen LogP contribution in [-0.4, -0.2) is 26.4 Å². The predicted octanol–water partition coefficient (Wildman–Crippen LogP) is 1.87. The van der Waals surface area contributed by atoms with Crippen molar-refractivity contribution in [2.45, 2.75) is 17.7 Å². The molecule has 2 aliphatic rings. The Kier molecular flexibility index (Phi) is 2.07. The van der Waals surface area contributed by atoms with Gasteiger partial charge in [0.25, 0.3) is 0 Å². The predicted molar refractivity (Wildman–Crippen MR) is 62.4 cm³/mol. The zero-order chi connectivity index (χ0) is 11.2. The third kappa shape index (κ3) is 1.37. The summed E-state index contributed by atoms with van der Waals surface area (Å²) >= 11 is 0. The second-order valence-corrected chi connectivity index (χ2v) is 6.00. The van der Waals surface area contributed by atoms with E-state index in [0.717, 1.165) is 37.2 Å². The molecule has 4 heteroatoms. The highest BCUT2D eigenvalue weighted by atomic mass is 32.2. The van der Waals surface area contributed by atoms with Crippen LogP contribution in [0.15, 0.2) is 34.6 Å². The summed E-state index contributed by atoms with van der Waals surface area (Å²) in [4.78, 5) is 2.63. The van der Waals surface area contributed by atoms with Crippen LogP contribution in [0, 0.1) is 0 Å². The summed E-state index contributed by atoms with van der Waals surface area (Å²) in [6.07, 6.45) is 2.30. The van der Waals surface area contributed by atoms with Gasteiger partial charge in [-0.1, -0.05) is 18.2 Å². The molecule has 0 spiro atoms. The maximum absolute atomic E-state index is 11.9. The third-order valence-electron chi connectivity index (χ3n) is 3.18. The Bertz CT molecular complexity index is 554. The van der Waals surface area contributed by atoms with Gasteiger partial charge in [0.1, 0.15) is 0 Å². The van der Waals surface area contributed by atoms with Crippen LogP contribution >= 0.6 is 0 Å². The molecule has 2 aliphatic heterocycles. The molecule has 0 atom stereocenters. The van der Waals surface area contributed by atoms with Gasteiger partial charge in [0, 0.05) is 18.7 Å². The van der Waals surface area contributed by atoms with E-state index in [0.29, 0.717) is 4.90 Å². The van der Waals surface area contributed by atoms with Gasteiger partial charge >= 0.3 is 0 Å². The standard InChI is InChI=1S/C12H13NO2S/c14-16(15)9-11(13-7-3-4-8-13)10-5-1-2-6-12(10)16/h1-2,5-6,9H,3-4,7-8H2. The number of benzene rings is 1. The number of sulfone groups is 1. The molecule has 0 radical (unpaired) electrons. The van der Waals surface area contributed by atoms with Gasteiger partial charge in [-0.3, -0.25) is 0 Å². The largest absolute Gasteiger partial charge is 0.370 e. The van der Waals surface area contributed by atoms with Crippen molar-refractivity contribution in [3.63, 3.8) is 0 Å². The number of likely N-dealkylation sites (tertiary alicyclic amines) is 1. The minimum absolute atomic E-state index is 0.455. The summed E-state index contributed by atoms with van der Waals surface area (Å²) in [6, 6.07) is 7.25. The van der Waals surface area contributed by atoms with Gasteiger partial charge in [0.05, 0.1) is 16.0 Å². The van der Waals surface area contributed by atoms with E-state index in [2.05, 4.69) is 4.90 Å². The first-order valence-corrected chi connectivity index (χ1v) is 7.04. The van der Waals surface area contributed by atoms with Gasteiger partial charge in [-0.05, 0) is 18.9 Å². The molecule has 2 heterocycles. The van der Waals surface area contributed by atoms with Crippen molar-refractivity contribution in [2.75, 3.05) is 13.1 Å². The average Bonchev–Trinajstić information content (AvgIpc) is 2.86. The highest BCUT2D eigenvalue weighted by Gasteiger charge is 2.30. The second-order valence-electron chi connectivity index (χ2n) is 4.24. The Morgan fingerprint density at radius 3 is 2.50 bits per heavy atom. The molecule has 16 heavy (non-hydrogen) atoms. The minimum atomic E-state index is -3.20. The number of hydrogen-bond acceptors (Lipinski definition) is 3. The number of hydrogen-bond donors (Lipinski definition) is 0. The molecule has 3 rings (SSSR count). The van der Waals surface area contributed by atoms with Crippen LogP contribution in [0.5, 0.6) is 0 Å². The molecule has 0 amide bonds. The fourth-order valence-corrected chi connectivity index (χ4v) is 3.85. The molecule has 0 bridgehead atoms. The van der Waals surface area contributed by atoms with Crippen LogP contribution in [0.1, 0.15) is 18.4 Å². The molecule has 0 aromatic heterocycles. The van der Waals surface area contributed by atoms with Gasteiger partial charge < -0.3 is 4.90 Å². The Hall–Kier alpha value is -1.29. The lowest BCUT2D eigenvalue weighted by Crippen LogP contribution is -2.16. The van der Waals surface area contributed by atoms with E-state index < -0.39 is 9.84 Å². The normalized spacial score (nSPS) is 22.0. The van der Waals surface area contributed by atoms with Gasteiger partial charge in [-0.2, -0.15) is 0 Å². The van der Waals surface area contributed by atoms with Crippen LogP contribution in [0.25, 0.3) is 5.70 Å². The number of fused-ring (bicyclic) bond motifs is 1. The van der Waals surface area contributed by atoms with Gasteiger partial charge in [-0.25, -0.2) is 8.42 Å². The lowest BCUT2D eigenvalue weighted by Gasteiger charge is -2.18. The summed E-state index contributed by atoms with van der Waals surface area (Å²) in [7, 11) is -3.20. The quantitative estimate of drug-likeness (QED) is 0.745. The Balaban J connectivity index is 2.15. The van der Waals surface area contributed by atoms with E-state index in [1.165, 1.54) is 5.41 Å². The van der Waals surface area contributed by atoms with Crippen molar-refractivity contribution < 1.29 is 8.42 Å². The first kappa shape index (κ1) is 9.90. The van der Waals surface area contributed by atoms with E-state index in [4.69, 9.17) is 0 Å². The van der Waals surface area contributed by atoms with Crippen molar-refractivity contribution in [2.24, 2.45) is 0 Å². The van der Waals surface area contributed by atoms with Gasteiger partial charge in [0.2, 0.25) is 9.84 Å². The monoisotopic (exact) mass is 235 g/mol. The molecule has 1 aromatic rings. The number of nitrogens with zero attached hydrogens (tertiary/aromatic N) is 1. The van der Waals surface area contributed by atoms with E-state index in [-0.39, 0.29) is 0 Å². The molecule has 1 aromatic carbocycles. The maximum atomic E-state index is 11.9.